The van der Waals surface area contributed by atoms with E-state index in [1.54, 1.807) is 44.2 Å². The number of fused-ring (bicyclic) bond motifs is 1. The average molecular weight is 473 g/mol. The lowest BCUT2D eigenvalue weighted by atomic mass is 10.1. The van der Waals surface area contributed by atoms with Crippen LogP contribution < -0.4 is 16.6 Å². The Balaban J connectivity index is 1.90. The minimum Gasteiger partial charge on any atom is -0.465 e. The number of carbonyl (C=O) groups excluding carboxylic acids is 2. The molecule has 0 fully saturated rings. The average Bonchev–Trinajstić information content (AvgIpc) is 2.86. The number of para-hydroxylation sites is 1. The number of nitrogens with one attached hydrogen (secondary N) is 1. The fourth-order valence-electron chi connectivity index (χ4n) is 3.94. The number of benzene rings is 2. The lowest BCUT2D eigenvalue weighted by Crippen LogP contribution is -2.44. The van der Waals surface area contributed by atoms with Crippen molar-refractivity contribution in [2.24, 2.45) is 0 Å². The summed E-state index contributed by atoms with van der Waals surface area (Å²) in [5.41, 5.74) is 0.174. The molecule has 0 aliphatic carbocycles. The molecule has 0 aliphatic heterocycles. The van der Waals surface area contributed by atoms with E-state index >= 15 is 0 Å². The number of rotatable bonds is 6. The number of pyridine rings is 1. The van der Waals surface area contributed by atoms with Gasteiger partial charge in [-0.25, -0.2) is 23.7 Å². The number of esters is 1. The highest BCUT2D eigenvalue weighted by atomic mass is 16.5. The summed E-state index contributed by atoms with van der Waals surface area (Å²) < 4.78 is 6.91. The molecule has 2 aromatic heterocycles. The smallest absolute Gasteiger partial charge is 0.338 e. The summed E-state index contributed by atoms with van der Waals surface area (Å²) in [6.07, 6.45) is 0. The van der Waals surface area contributed by atoms with Gasteiger partial charge in [-0.1, -0.05) is 48.5 Å². The zero-order chi connectivity index (χ0) is 25.1. The minimum atomic E-state index is -0.799. The van der Waals surface area contributed by atoms with Gasteiger partial charge in [-0.05, 0) is 37.6 Å². The summed E-state index contributed by atoms with van der Waals surface area (Å²) in [6, 6.07) is 19.0. The topological polar surface area (TPSA) is 112 Å². The molecule has 0 bridgehead atoms. The molecule has 35 heavy (non-hydrogen) atoms. The first-order valence-corrected chi connectivity index (χ1v) is 11.0. The van der Waals surface area contributed by atoms with Crippen molar-refractivity contribution in [3.05, 3.63) is 104 Å². The van der Waals surface area contributed by atoms with Gasteiger partial charge in [0.2, 0.25) is 5.91 Å². The Labute approximate surface area is 200 Å². The molecule has 2 heterocycles. The van der Waals surface area contributed by atoms with Crippen LogP contribution in [0.4, 0.5) is 0 Å². The van der Waals surface area contributed by atoms with E-state index < -0.39 is 29.7 Å². The molecule has 9 heteroatoms. The maximum Gasteiger partial charge on any atom is 0.338 e. The normalized spacial score (nSPS) is 11.7. The molecular formula is C26H24N4O5. The largest absolute Gasteiger partial charge is 0.465 e. The third-order valence-corrected chi connectivity index (χ3v) is 5.62. The number of carbonyl (C=O) groups is 2. The van der Waals surface area contributed by atoms with Crippen LogP contribution in [-0.2, 0) is 16.1 Å². The Morgan fingerprint density at radius 3 is 2.29 bits per heavy atom. The molecular weight excluding hydrogens is 448 g/mol. The molecule has 1 atom stereocenters. The Morgan fingerprint density at radius 1 is 1.03 bits per heavy atom. The van der Waals surface area contributed by atoms with Crippen molar-refractivity contribution in [1.82, 2.24) is 19.4 Å². The van der Waals surface area contributed by atoms with Crippen molar-refractivity contribution in [3.63, 3.8) is 0 Å². The Bertz CT molecular complexity index is 1530. The number of hydrogen-bond donors (Lipinski definition) is 1. The lowest BCUT2D eigenvalue weighted by Gasteiger charge is -2.17. The Kier molecular flexibility index (Phi) is 6.59. The van der Waals surface area contributed by atoms with E-state index in [9.17, 15) is 19.2 Å². The van der Waals surface area contributed by atoms with E-state index in [2.05, 4.69) is 10.3 Å². The van der Waals surface area contributed by atoms with Gasteiger partial charge >= 0.3 is 11.7 Å². The van der Waals surface area contributed by atoms with Gasteiger partial charge in [-0.15, -0.1) is 0 Å². The zero-order valence-corrected chi connectivity index (χ0v) is 19.5. The van der Waals surface area contributed by atoms with Crippen molar-refractivity contribution < 1.29 is 14.3 Å². The third-order valence-electron chi connectivity index (χ3n) is 5.62. The molecule has 0 unspecified atom stereocenters. The number of ether oxygens (including phenoxy) is 1. The van der Waals surface area contributed by atoms with Crippen molar-refractivity contribution in [2.75, 3.05) is 7.11 Å². The molecule has 178 valence electrons. The van der Waals surface area contributed by atoms with Gasteiger partial charge in [0.1, 0.15) is 6.54 Å². The molecule has 4 rings (SSSR count). The van der Waals surface area contributed by atoms with Crippen LogP contribution in [0, 0.1) is 6.92 Å². The van der Waals surface area contributed by atoms with Crippen LogP contribution in [0.15, 0.2) is 76.3 Å². The number of hydrogen-bond acceptors (Lipinski definition) is 6. The van der Waals surface area contributed by atoms with Gasteiger partial charge in [0.15, 0.2) is 5.65 Å². The summed E-state index contributed by atoms with van der Waals surface area (Å²) >= 11 is 0. The van der Waals surface area contributed by atoms with E-state index in [-0.39, 0.29) is 22.6 Å². The monoisotopic (exact) mass is 472 g/mol. The summed E-state index contributed by atoms with van der Waals surface area (Å²) in [7, 11) is 1.20. The summed E-state index contributed by atoms with van der Waals surface area (Å²) in [5, 5.41) is 2.71. The summed E-state index contributed by atoms with van der Waals surface area (Å²) in [6.45, 7) is 2.92. The molecule has 1 amide bonds. The summed E-state index contributed by atoms with van der Waals surface area (Å²) in [4.78, 5) is 56.9. The fraction of sp³-hybridized carbons (Fsp3) is 0.192. The second-order valence-electron chi connectivity index (χ2n) is 8.05. The maximum absolute atomic E-state index is 13.5. The van der Waals surface area contributed by atoms with Crippen molar-refractivity contribution >= 4 is 22.9 Å². The highest BCUT2D eigenvalue weighted by molar-refractivity contribution is 6.02. The van der Waals surface area contributed by atoms with E-state index in [1.807, 2.05) is 30.3 Å². The van der Waals surface area contributed by atoms with Crippen LogP contribution in [0.5, 0.6) is 0 Å². The van der Waals surface area contributed by atoms with Gasteiger partial charge in [0, 0.05) is 5.69 Å². The Morgan fingerprint density at radius 2 is 1.66 bits per heavy atom. The van der Waals surface area contributed by atoms with Crippen LogP contribution >= 0.6 is 0 Å². The van der Waals surface area contributed by atoms with Crippen LogP contribution in [0.3, 0.4) is 0 Å². The molecule has 1 N–H and O–H groups in total. The lowest BCUT2D eigenvalue weighted by molar-refractivity contribution is -0.122. The number of methoxy groups -OCH3 is 1. The van der Waals surface area contributed by atoms with E-state index in [0.29, 0.717) is 11.4 Å². The van der Waals surface area contributed by atoms with Gasteiger partial charge in [-0.3, -0.25) is 9.59 Å². The zero-order valence-electron chi connectivity index (χ0n) is 19.5. The third kappa shape index (κ3) is 4.61. The second-order valence-corrected chi connectivity index (χ2v) is 8.05. The molecule has 9 nitrogen and oxygen atoms in total. The standard InChI is InChI=1S/C26H24N4O5/c1-16-14-20(25(33)35-3)22-23(27-16)30(19-12-8-5-9-13-19)26(34)29(24(22)32)15-21(31)28-17(2)18-10-6-4-7-11-18/h4-14,17H,15H2,1-3H3,(H,28,31)/t17-/m1/s1. The van der Waals surface area contributed by atoms with Crippen LogP contribution in [0.25, 0.3) is 16.7 Å². The first-order chi connectivity index (χ1) is 16.8. The molecule has 0 saturated heterocycles. The summed E-state index contributed by atoms with van der Waals surface area (Å²) in [5.74, 6) is -1.27. The van der Waals surface area contributed by atoms with Crippen LogP contribution in [-0.4, -0.2) is 33.1 Å². The van der Waals surface area contributed by atoms with Gasteiger partial charge in [0.25, 0.3) is 5.56 Å². The van der Waals surface area contributed by atoms with E-state index in [1.165, 1.54) is 17.7 Å². The van der Waals surface area contributed by atoms with Gasteiger partial charge in [0.05, 0.1) is 29.8 Å². The molecule has 2 aromatic carbocycles. The predicted octanol–water partition coefficient (Wildman–Crippen LogP) is 2.52. The first-order valence-electron chi connectivity index (χ1n) is 11.0. The Hall–Kier alpha value is -4.53. The molecule has 0 aliphatic rings. The van der Waals surface area contributed by atoms with E-state index in [0.717, 1.165) is 10.1 Å². The molecule has 0 saturated carbocycles. The fourth-order valence-corrected chi connectivity index (χ4v) is 3.94. The van der Waals surface area contributed by atoms with Crippen molar-refractivity contribution in [1.29, 1.82) is 0 Å². The number of nitrogens with zero attached hydrogens (tertiary/aromatic N) is 3. The molecule has 0 spiro atoms. The van der Waals surface area contributed by atoms with Gasteiger partial charge < -0.3 is 10.1 Å². The quantitative estimate of drug-likeness (QED) is 0.432. The van der Waals surface area contributed by atoms with Crippen molar-refractivity contribution in [2.45, 2.75) is 26.4 Å². The van der Waals surface area contributed by atoms with Crippen molar-refractivity contribution in [3.8, 4) is 5.69 Å². The van der Waals surface area contributed by atoms with Gasteiger partial charge in [-0.2, -0.15) is 0 Å². The maximum atomic E-state index is 13.5. The van der Waals surface area contributed by atoms with E-state index in [4.69, 9.17) is 4.74 Å². The first kappa shape index (κ1) is 23.6. The minimum absolute atomic E-state index is 0.0147. The number of aromatic nitrogens is 3. The van der Waals surface area contributed by atoms with Crippen LogP contribution in [0.2, 0.25) is 0 Å². The predicted molar refractivity (Wildman–Crippen MR) is 131 cm³/mol. The number of aryl methyl sites for hydroxylation is 1. The number of amides is 1. The second kappa shape index (κ2) is 9.76. The highest BCUT2D eigenvalue weighted by Crippen LogP contribution is 2.18. The molecule has 4 aromatic rings. The molecule has 0 radical (unpaired) electrons. The van der Waals surface area contributed by atoms with Crippen LogP contribution in [0.1, 0.15) is 34.6 Å². The SMILES string of the molecule is COC(=O)c1cc(C)nc2c1c(=O)n(CC(=O)N[C@H](C)c1ccccc1)c(=O)n2-c1ccccc1. The highest BCUT2D eigenvalue weighted by Gasteiger charge is 2.24.